The highest BCUT2D eigenvalue weighted by atomic mass is 16.4. The zero-order valence-corrected chi connectivity index (χ0v) is 5.87. The van der Waals surface area contributed by atoms with Crippen molar-refractivity contribution < 1.29 is 9.90 Å². The Labute approximate surface area is 59.7 Å². The maximum absolute atomic E-state index is 10.4. The number of hydrogen-bond donors (Lipinski definition) is 2. The minimum atomic E-state index is -0.767. The van der Waals surface area contributed by atoms with Gasteiger partial charge in [0.05, 0.1) is 0 Å². The molecule has 1 aliphatic rings. The first-order valence-corrected chi connectivity index (χ1v) is 3.35. The van der Waals surface area contributed by atoms with Crippen LogP contribution in [0.3, 0.4) is 0 Å². The quantitative estimate of drug-likeness (QED) is 0.519. The van der Waals surface area contributed by atoms with E-state index in [0.717, 1.165) is 0 Å². The van der Waals surface area contributed by atoms with E-state index in [1.165, 1.54) is 0 Å². The molecule has 0 aromatic rings. The molecule has 2 N–H and O–H groups in total. The molecule has 0 aromatic carbocycles. The van der Waals surface area contributed by atoms with Crippen LogP contribution in [-0.4, -0.2) is 23.2 Å². The molecule has 0 saturated carbocycles. The number of aliphatic carboxylic acids is 1. The molecule has 0 bridgehead atoms. The lowest BCUT2D eigenvalue weighted by Crippen LogP contribution is -2.43. The van der Waals surface area contributed by atoms with Gasteiger partial charge in [-0.05, 0) is 13.3 Å². The molecule has 0 saturated heterocycles. The van der Waals surface area contributed by atoms with Gasteiger partial charge in [0.25, 0.3) is 0 Å². The standard InChI is InChI=1S/C7H11NO2/c1-5-3-2-4-6(8-5)7(9)10/h2-3,5-6,8H,4H2,1H3,(H,9,10)/t5-,6+/m0/s1. The molecule has 0 spiro atoms. The summed E-state index contributed by atoms with van der Waals surface area (Å²) in [5, 5.41) is 11.5. The SMILES string of the molecule is C[C@H]1C=CC[C@H](C(=O)O)N1. The van der Waals surface area contributed by atoms with Crippen molar-refractivity contribution in [3.63, 3.8) is 0 Å². The molecule has 56 valence electrons. The molecule has 3 heteroatoms. The van der Waals surface area contributed by atoms with Crippen LogP contribution in [-0.2, 0) is 4.79 Å². The first-order valence-electron chi connectivity index (χ1n) is 3.35. The Hall–Kier alpha value is -0.830. The lowest BCUT2D eigenvalue weighted by atomic mass is 10.1. The molecule has 10 heavy (non-hydrogen) atoms. The largest absolute Gasteiger partial charge is 0.480 e. The zero-order chi connectivity index (χ0) is 7.56. The van der Waals surface area contributed by atoms with Crippen molar-refractivity contribution >= 4 is 5.97 Å². The van der Waals surface area contributed by atoms with Gasteiger partial charge in [-0.15, -0.1) is 0 Å². The summed E-state index contributed by atoms with van der Waals surface area (Å²) >= 11 is 0. The predicted octanol–water partition coefficient (Wildman–Crippen LogP) is 0.378. The Balaban J connectivity index is 2.52. The second-order valence-electron chi connectivity index (χ2n) is 2.51. The lowest BCUT2D eigenvalue weighted by Gasteiger charge is -2.20. The monoisotopic (exact) mass is 141 g/mol. The molecular formula is C7H11NO2. The van der Waals surface area contributed by atoms with Crippen molar-refractivity contribution in [3.05, 3.63) is 12.2 Å². The first-order chi connectivity index (χ1) is 4.70. The van der Waals surface area contributed by atoms with Crippen molar-refractivity contribution in [2.24, 2.45) is 0 Å². The Morgan fingerprint density at radius 1 is 1.80 bits per heavy atom. The molecule has 3 nitrogen and oxygen atoms in total. The third kappa shape index (κ3) is 1.57. The molecule has 0 amide bonds. The second kappa shape index (κ2) is 2.84. The van der Waals surface area contributed by atoms with Crippen LogP contribution in [0.15, 0.2) is 12.2 Å². The molecule has 0 radical (unpaired) electrons. The molecular weight excluding hydrogens is 130 g/mol. The summed E-state index contributed by atoms with van der Waals surface area (Å²) < 4.78 is 0. The summed E-state index contributed by atoms with van der Waals surface area (Å²) in [5.41, 5.74) is 0. The predicted molar refractivity (Wildman–Crippen MR) is 37.8 cm³/mol. The fourth-order valence-corrected chi connectivity index (χ4v) is 1.03. The number of carbonyl (C=O) groups is 1. The molecule has 0 unspecified atom stereocenters. The van der Waals surface area contributed by atoms with Crippen LogP contribution in [0.1, 0.15) is 13.3 Å². The third-order valence-electron chi connectivity index (χ3n) is 1.56. The maximum Gasteiger partial charge on any atom is 0.321 e. The minimum absolute atomic E-state index is 0.190. The summed E-state index contributed by atoms with van der Waals surface area (Å²) in [6.45, 7) is 1.94. The van der Waals surface area contributed by atoms with Crippen molar-refractivity contribution in [1.29, 1.82) is 0 Å². The van der Waals surface area contributed by atoms with E-state index in [1.807, 2.05) is 19.1 Å². The minimum Gasteiger partial charge on any atom is -0.480 e. The fourth-order valence-electron chi connectivity index (χ4n) is 1.03. The van der Waals surface area contributed by atoms with E-state index in [2.05, 4.69) is 5.32 Å². The van der Waals surface area contributed by atoms with Crippen molar-refractivity contribution in [3.8, 4) is 0 Å². The van der Waals surface area contributed by atoms with Crippen LogP contribution < -0.4 is 5.32 Å². The number of hydrogen-bond acceptors (Lipinski definition) is 2. The Kier molecular flexibility index (Phi) is 2.06. The zero-order valence-electron chi connectivity index (χ0n) is 5.87. The number of carboxylic acids is 1. The smallest absolute Gasteiger partial charge is 0.321 e. The number of carboxylic acid groups (broad SMARTS) is 1. The normalized spacial score (nSPS) is 32.1. The number of nitrogens with one attached hydrogen (secondary N) is 1. The molecule has 2 atom stereocenters. The van der Waals surface area contributed by atoms with Gasteiger partial charge in [0.2, 0.25) is 0 Å². The summed E-state index contributed by atoms with van der Waals surface area (Å²) in [6.07, 6.45) is 4.47. The van der Waals surface area contributed by atoms with Gasteiger partial charge in [-0.25, -0.2) is 0 Å². The van der Waals surface area contributed by atoms with E-state index in [0.29, 0.717) is 6.42 Å². The van der Waals surface area contributed by atoms with Gasteiger partial charge in [-0.1, -0.05) is 12.2 Å². The van der Waals surface area contributed by atoms with E-state index in [9.17, 15) is 4.79 Å². The van der Waals surface area contributed by atoms with Crippen LogP contribution in [0.4, 0.5) is 0 Å². The van der Waals surface area contributed by atoms with Gasteiger partial charge in [-0.3, -0.25) is 10.1 Å². The Morgan fingerprint density at radius 2 is 2.50 bits per heavy atom. The maximum atomic E-state index is 10.4. The van der Waals surface area contributed by atoms with Gasteiger partial charge < -0.3 is 5.11 Å². The molecule has 1 rings (SSSR count). The molecule has 0 fully saturated rings. The highest BCUT2D eigenvalue weighted by molar-refractivity contribution is 5.74. The van der Waals surface area contributed by atoms with E-state index in [-0.39, 0.29) is 12.1 Å². The Bertz CT molecular complexity index is 165. The van der Waals surface area contributed by atoms with E-state index in [1.54, 1.807) is 0 Å². The van der Waals surface area contributed by atoms with Crippen molar-refractivity contribution in [2.45, 2.75) is 25.4 Å². The molecule has 0 aliphatic carbocycles. The number of rotatable bonds is 1. The van der Waals surface area contributed by atoms with Crippen molar-refractivity contribution in [2.75, 3.05) is 0 Å². The van der Waals surface area contributed by atoms with Crippen LogP contribution in [0, 0.1) is 0 Å². The highest BCUT2D eigenvalue weighted by Crippen LogP contribution is 2.03. The summed E-state index contributed by atoms with van der Waals surface area (Å²) in [7, 11) is 0. The average molecular weight is 141 g/mol. The van der Waals surface area contributed by atoms with Crippen LogP contribution in [0.25, 0.3) is 0 Å². The van der Waals surface area contributed by atoms with E-state index in [4.69, 9.17) is 5.11 Å². The van der Waals surface area contributed by atoms with Crippen LogP contribution >= 0.6 is 0 Å². The van der Waals surface area contributed by atoms with Gasteiger partial charge in [0, 0.05) is 6.04 Å². The van der Waals surface area contributed by atoms with Gasteiger partial charge >= 0.3 is 5.97 Å². The van der Waals surface area contributed by atoms with Crippen LogP contribution in [0.2, 0.25) is 0 Å². The summed E-state index contributed by atoms with van der Waals surface area (Å²) in [6, 6.07) is -0.199. The van der Waals surface area contributed by atoms with Gasteiger partial charge in [0.1, 0.15) is 6.04 Å². The average Bonchev–Trinajstić information content (AvgIpc) is 1.88. The summed E-state index contributed by atoms with van der Waals surface area (Å²) in [4.78, 5) is 10.4. The molecule has 1 heterocycles. The van der Waals surface area contributed by atoms with E-state index >= 15 is 0 Å². The van der Waals surface area contributed by atoms with E-state index < -0.39 is 5.97 Å². The van der Waals surface area contributed by atoms with Gasteiger partial charge in [0.15, 0.2) is 0 Å². The topological polar surface area (TPSA) is 49.3 Å². The summed E-state index contributed by atoms with van der Waals surface area (Å²) in [5.74, 6) is -0.767. The fraction of sp³-hybridized carbons (Fsp3) is 0.571. The third-order valence-corrected chi connectivity index (χ3v) is 1.56. The molecule has 1 aliphatic heterocycles. The highest BCUT2D eigenvalue weighted by Gasteiger charge is 2.19. The molecule has 0 aromatic heterocycles. The van der Waals surface area contributed by atoms with Crippen LogP contribution in [0.5, 0.6) is 0 Å². The lowest BCUT2D eigenvalue weighted by molar-refractivity contribution is -0.139. The van der Waals surface area contributed by atoms with Crippen molar-refractivity contribution in [1.82, 2.24) is 5.32 Å². The first kappa shape index (κ1) is 7.28. The Morgan fingerprint density at radius 3 is 2.90 bits per heavy atom. The second-order valence-corrected chi connectivity index (χ2v) is 2.51. The van der Waals surface area contributed by atoms with Gasteiger partial charge in [-0.2, -0.15) is 0 Å².